The highest BCUT2D eigenvalue weighted by molar-refractivity contribution is 9.13. The summed E-state index contributed by atoms with van der Waals surface area (Å²) in [6.45, 7) is 6.75. The average Bonchev–Trinajstić information content (AvgIpc) is 2.27. The van der Waals surface area contributed by atoms with Crippen molar-refractivity contribution in [3.05, 3.63) is 32.7 Å². The molecule has 0 spiro atoms. The fraction of sp³-hybridized carbons (Fsp3) is 0.571. The van der Waals surface area contributed by atoms with Gasteiger partial charge >= 0.3 is 0 Å². The number of halogens is 2. The summed E-state index contributed by atoms with van der Waals surface area (Å²) >= 11 is 7.02. The largest absolute Gasteiger partial charge is 0.316 e. The maximum absolute atomic E-state index is 3.54. The van der Waals surface area contributed by atoms with Gasteiger partial charge in [-0.15, -0.1) is 0 Å². The molecule has 0 aliphatic carbocycles. The molecule has 0 heterocycles. The molecular formula is C14H21Br2N. The van der Waals surface area contributed by atoms with Crippen LogP contribution in [0.1, 0.15) is 32.3 Å². The minimum atomic E-state index is 0.748. The van der Waals surface area contributed by atoms with E-state index in [9.17, 15) is 0 Å². The van der Waals surface area contributed by atoms with Crippen molar-refractivity contribution in [3.63, 3.8) is 0 Å². The molecule has 0 amide bonds. The molecule has 1 rings (SSSR count). The van der Waals surface area contributed by atoms with E-state index in [1.54, 1.807) is 0 Å². The van der Waals surface area contributed by atoms with E-state index in [-0.39, 0.29) is 0 Å². The predicted molar refractivity (Wildman–Crippen MR) is 82.5 cm³/mol. The van der Waals surface area contributed by atoms with Crippen LogP contribution in [-0.4, -0.2) is 13.1 Å². The molecule has 0 aliphatic heterocycles. The first-order valence-electron chi connectivity index (χ1n) is 6.24. The number of unbranched alkanes of at least 4 members (excludes halogenated alkanes) is 1. The molecule has 96 valence electrons. The molecule has 17 heavy (non-hydrogen) atoms. The van der Waals surface area contributed by atoms with E-state index in [0.29, 0.717) is 0 Å². The monoisotopic (exact) mass is 361 g/mol. The Morgan fingerprint density at radius 2 is 1.88 bits per heavy atom. The minimum Gasteiger partial charge on any atom is -0.316 e. The number of rotatable bonds is 7. The topological polar surface area (TPSA) is 12.0 Å². The summed E-state index contributed by atoms with van der Waals surface area (Å²) in [6, 6.07) is 6.50. The molecule has 1 nitrogen and oxygen atoms in total. The normalized spacial score (nSPS) is 11.1. The molecule has 0 atom stereocenters. The molecule has 0 saturated heterocycles. The maximum Gasteiger partial charge on any atom is 0.0320 e. The van der Waals surface area contributed by atoms with Crippen LogP contribution in [0.4, 0.5) is 0 Å². The molecule has 1 N–H and O–H groups in total. The summed E-state index contributed by atoms with van der Waals surface area (Å²) < 4.78 is 2.27. The van der Waals surface area contributed by atoms with Crippen LogP contribution in [0.3, 0.4) is 0 Å². The molecule has 0 bridgehead atoms. The third kappa shape index (κ3) is 6.58. The second kappa shape index (κ2) is 8.28. The van der Waals surface area contributed by atoms with Crippen LogP contribution >= 0.6 is 31.9 Å². The van der Waals surface area contributed by atoms with Gasteiger partial charge in [-0.25, -0.2) is 0 Å². The van der Waals surface area contributed by atoms with Crippen LogP contribution in [0, 0.1) is 5.92 Å². The third-order valence-corrected chi connectivity index (χ3v) is 4.49. The van der Waals surface area contributed by atoms with E-state index in [2.05, 4.69) is 69.2 Å². The van der Waals surface area contributed by atoms with Crippen LogP contribution in [0.5, 0.6) is 0 Å². The zero-order valence-corrected chi connectivity index (χ0v) is 13.8. The molecule has 0 saturated carbocycles. The third-order valence-electron chi connectivity index (χ3n) is 2.61. The first-order chi connectivity index (χ1) is 8.09. The van der Waals surface area contributed by atoms with E-state index in [1.165, 1.54) is 18.4 Å². The van der Waals surface area contributed by atoms with E-state index < -0.39 is 0 Å². The van der Waals surface area contributed by atoms with E-state index in [1.807, 2.05) is 0 Å². The molecule has 0 aromatic heterocycles. The first-order valence-corrected chi connectivity index (χ1v) is 7.83. The smallest absolute Gasteiger partial charge is 0.0320 e. The van der Waals surface area contributed by atoms with E-state index >= 15 is 0 Å². The van der Waals surface area contributed by atoms with Gasteiger partial charge < -0.3 is 5.32 Å². The SMILES string of the molecule is CC(C)CNCCCCc1ccc(Br)c(Br)c1. The molecule has 3 heteroatoms. The van der Waals surface area contributed by atoms with Crippen LogP contribution in [0.25, 0.3) is 0 Å². The predicted octanol–water partition coefficient (Wildman–Crippen LogP) is 4.78. The summed E-state index contributed by atoms with van der Waals surface area (Å²) in [5.74, 6) is 0.748. The van der Waals surface area contributed by atoms with Gasteiger partial charge in [-0.2, -0.15) is 0 Å². The summed E-state index contributed by atoms with van der Waals surface area (Å²) in [7, 11) is 0. The van der Waals surface area contributed by atoms with Gasteiger partial charge in [-0.3, -0.25) is 0 Å². The van der Waals surface area contributed by atoms with Gasteiger partial charge in [-0.05, 0) is 87.8 Å². The lowest BCUT2D eigenvalue weighted by Crippen LogP contribution is -2.20. The Hall–Kier alpha value is 0.140. The van der Waals surface area contributed by atoms with Crippen molar-refractivity contribution in [3.8, 4) is 0 Å². The zero-order valence-electron chi connectivity index (χ0n) is 10.6. The van der Waals surface area contributed by atoms with Crippen LogP contribution in [-0.2, 0) is 6.42 Å². The number of aryl methyl sites for hydroxylation is 1. The number of hydrogen-bond donors (Lipinski definition) is 1. The summed E-state index contributed by atoms with van der Waals surface area (Å²) in [5.41, 5.74) is 1.41. The lowest BCUT2D eigenvalue weighted by Gasteiger charge is -2.07. The lowest BCUT2D eigenvalue weighted by molar-refractivity contribution is 0.535. The van der Waals surface area contributed by atoms with Gasteiger partial charge in [0, 0.05) is 8.95 Å². The highest BCUT2D eigenvalue weighted by Gasteiger charge is 1.99. The van der Waals surface area contributed by atoms with Crippen molar-refractivity contribution >= 4 is 31.9 Å². The van der Waals surface area contributed by atoms with Crippen molar-refractivity contribution in [2.75, 3.05) is 13.1 Å². The van der Waals surface area contributed by atoms with Gasteiger partial charge in [0.25, 0.3) is 0 Å². The van der Waals surface area contributed by atoms with Gasteiger partial charge in [0.05, 0.1) is 0 Å². The molecule has 0 fully saturated rings. The quantitative estimate of drug-likeness (QED) is 0.688. The number of hydrogen-bond acceptors (Lipinski definition) is 1. The van der Waals surface area contributed by atoms with Gasteiger partial charge in [-0.1, -0.05) is 19.9 Å². The minimum absolute atomic E-state index is 0.748. The maximum atomic E-state index is 3.54. The van der Waals surface area contributed by atoms with Gasteiger partial charge in [0.2, 0.25) is 0 Å². The van der Waals surface area contributed by atoms with Gasteiger partial charge in [0.1, 0.15) is 0 Å². The Bertz CT molecular complexity index is 337. The Balaban J connectivity index is 2.16. The number of nitrogens with one attached hydrogen (secondary N) is 1. The fourth-order valence-electron chi connectivity index (χ4n) is 1.67. The van der Waals surface area contributed by atoms with Crippen molar-refractivity contribution in [1.29, 1.82) is 0 Å². The van der Waals surface area contributed by atoms with Crippen LogP contribution in [0.15, 0.2) is 27.1 Å². The van der Waals surface area contributed by atoms with Crippen molar-refractivity contribution in [2.24, 2.45) is 5.92 Å². The lowest BCUT2D eigenvalue weighted by atomic mass is 10.1. The van der Waals surface area contributed by atoms with Crippen molar-refractivity contribution in [2.45, 2.75) is 33.1 Å². The molecule has 0 aliphatic rings. The van der Waals surface area contributed by atoms with Crippen LogP contribution < -0.4 is 5.32 Å². The highest BCUT2D eigenvalue weighted by Crippen LogP contribution is 2.24. The summed E-state index contributed by atoms with van der Waals surface area (Å²) in [4.78, 5) is 0. The molecular weight excluding hydrogens is 342 g/mol. The first kappa shape index (κ1) is 15.2. The van der Waals surface area contributed by atoms with Crippen LogP contribution in [0.2, 0.25) is 0 Å². The number of benzene rings is 1. The molecule has 0 radical (unpaired) electrons. The molecule has 1 aromatic carbocycles. The fourth-order valence-corrected chi connectivity index (χ4v) is 2.34. The Morgan fingerprint density at radius 1 is 1.12 bits per heavy atom. The molecule has 0 unspecified atom stereocenters. The van der Waals surface area contributed by atoms with Crippen molar-refractivity contribution < 1.29 is 0 Å². The second-order valence-corrected chi connectivity index (χ2v) is 6.51. The Kier molecular flexibility index (Phi) is 7.40. The van der Waals surface area contributed by atoms with E-state index in [4.69, 9.17) is 0 Å². The zero-order chi connectivity index (χ0) is 12.7. The van der Waals surface area contributed by atoms with Gasteiger partial charge in [0.15, 0.2) is 0 Å². The Morgan fingerprint density at radius 3 is 2.53 bits per heavy atom. The standard InChI is InChI=1S/C14H21Br2N/c1-11(2)10-17-8-4-3-5-12-6-7-13(15)14(16)9-12/h6-7,9,11,17H,3-5,8,10H2,1-2H3. The summed E-state index contributed by atoms with van der Waals surface area (Å²) in [5, 5.41) is 3.47. The second-order valence-electron chi connectivity index (χ2n) is 4.80. The highest BCUT2D eigenvalue weighted by atomic mass is 79.9. The van der Waals surface area contributed by atoms with Crippen molar-refractivity contribution in [1.82, 2.24) is 5.32 Å². The summed E-state index contributed by atoms with van der Waals surface area (Å²) in [6.07, 6.45) is 3.66. The molecule has 1 aromatic rings. The Labute approximate surface area is 122 Å². The van der Waals surface area contributed by atoms with E-state index in [0.717, 1.165) is 34.4 Å². The average molecular weight is 363 g/mol.